The lowest BCUT2D eigenvalue weighted by molar-refractivity contribution is 1.21. The first kappa shape index (κ1) is 16.2. The zero-order chi connectivity index (χ0) is 18.1. The molecule has 6 heteroatoms. The molecule has 0 fully saturated rings. The summed E-state index contributed by atoms with van der Waals surface area (Å²) in [6.07, 6.45) is 4.06. The highest BCUT2D eigenvalue weighted by molar-refractivity contribution is 6.34. The van der Waals surface area contributed by atoms with Crippen molar-refractivity contribution in [1.29, 1.82) is 5.26 Å². The van der Waals surface area contributed by atoms with Gasteiger partial charge in [0.05, 0.1) is 11.3 Å². The van der Waals surface area contributed by atoms with E-state index in [1.807, 2.05) is 31.3 Å². The number of nitrogens with zero attached hydrogens (tertiary/aromatic N) is 4. The Labute approximate surface area is 156 Å². The van der Waals surface area contributed by atoms with Crippen molar-refractivity contribution in [2.24, 2.45) is 4.99 Å². The second kappa shape index (κ2) is 6.58. The maximum absolute atomic E-state index is 8.85. The van der Waals surface area contributed by atoms with E-state index >= 15 is 0 Å². The van der Waals surface area contributed by atoms with E-state index in [9.17, 15) is 0 Å². The number of rotatable bonds is 3. The van der Waals surface area contributed by atoms with Gasteiger partial charge in [-0.2, -0.15) is 5.26 Å². The van der Waals surface area contributed by atoms with E-state index in [-0.39, 0.29) is 0 Å². The predicted molar refractivity (Wildman–Crippen MR) is 103 cm³/mol. The van der Waals surface area contributed by atoms with Crippen molar-refractivity contribution in [1.82, 2.24) is 9.97 Å². The van der Waals surface area contributed by atoms with Gasteiger partial charge in [0.15, 0.2) is 5.82 Å². The largest absolute Gasteiger partial charge is 0.340 e. The summed E-state index contributed by atoms with van der Waals surface area (Å²) in [6, 6.07) is 13.3. The second-order valence-electron chi connectivity index (χ2n) is 6.09. The Balaban J connectivity index is 1.62. The maximum Gasteiger partial charge on any atom is 0.155 e. The molecule has 2 aromatic heterocycles. The molecule has 1 aromatic carbocycles. The van der Waals surface area contributed by atoms with Gasteiger partial charge < -0.3 is 5.32 Å². The van der Waals surface area contributed by atoms with Gasteiger partial charge in [0.1, 0.15) is 11.9 Å². The number of nitrogens with one attached hydrogen (secondary N) is 1. The van der Waals surface area contributed by atoms with Crippen LogP contribution in [0, 0.1) is 18.3 Å². The summed E-state index contributed by atoms with van der Waals surface area (Å²) < 4.78 is 0. The number of aromatic nitrogens is 2. The summed E-state index contributed by atoms with van der Waals surface area (Å²) in [5.41, 5.74) is 5.38. The number of aryl methyl sites for hydroxylation is 1. The lowest BCUT2D eigenvalue weighted by Gasteiger charge is -2.09. The zero-order valence-electron chi connectivity index (χ0n) is 14.0. The molecular weight excluding hydrogens is 346 g/mol. The summed E-state index contributed by atoms with van der Waals surface area (Å²) in [5, 5.41) is 12.7. The monoisotopic (exact) mass is 359 g/mol. The number of halogens is 1. The van der Waals surface area contributed by atoms with Crippen LogP contribution in [0.4, 0.5) is 17.3 Å². The minimum atomic E-state index is 0.521. The Hall–Kier alpha value is -3.23. The van der Waals surface area contributed by atoms with Crippen LogP contribution >= 0.6 is 11.6 Å². The topological polar surface area (TPSA) is 74.0 Å². The van der Waals surface area contributed by atoms with Crippen LogP contribution in [0.15, 0.2) is 53.8 Å². The minimum absolute atomic E-state index is 0.521. The lowest BCUT2D eigenvalue weighted by atomic mass is 10.0. The Morgan fingerprint density at radius 3 is 2.77 bits per heavy atom. The number of benzene rings is 1. The number of nitriles is 1. The van der Waals surface area contributed by atoms with Gasteiger partial charge in [-0.1, -0.05) is 17.7 Å². The van der Waals surface area contributed by atoms with Gasteiger partial charge in [-0.25, -0.2) is 15.0 Å². The van der Waals surface area contributed by atoms with Crippen molar-refractivity contribution >= 4 is 34.6 Å². The Morgan fingerprint density at radius 1 is 1.12 bits per heavy atom. The van der Waals surface area contributed by atoms with E-state index in [2.05, 4.69) is 32.4 Å². The molecule has 0 aliphatic carbocycles. The number of anilines is 2. The lowest BCUT2D eigenvalue weighted by Crippen LogP contribution is -2.03. The summed E-state index contributed by atoms with van der Waals surface area (Å²) in [6.45, 7) is 2.02. The molecule has 3 heterocycles. The van der Waals surface area contributed by atoms with Gasteiger partial charge in [0.2, 0.25) is 0 Å². The van der Waals surface area contributed by atoms with E-state index in [0.717, 1.165) is 33.9 Å². The van der Waals surface area contributed by atoms with Gasteiger partial charge in [0, 0.05) is 40.7 Å². The molecule has 0 saturated heterocycles. The Bertz CT molecular complexity index is 1060. The second-order valence-corrected chi connectivity index (χ2v) is 6.50. The van der Waals surface area contributed by atoms with Crippen molar-refractivity contribution < 1.29 is 0 Å². The van der Waals surface area contributed by atoms with Gasteiger partial charge in [0.25, 0.3) is 0 Å². The molecule has 4 rings (SSSR count). The molecule has 0 unspecified atom stereocenters. The number of hydrogen-bond acceptors (Lipinski definition) is 5. The molecule has 0 bridgehead atoms. The van der Waals surface area contributed by atoms with Crippen LogP contribution in [0.25, 0.3) is 0 Å². The number of fused-ring (bicyclic) bond motifs is 1. The van der Waals surface area contributed by atoms with Crippen molar-refractivity contribution in [3.63, 3.8) is 0 Å². The standard InChI is InChI=1S/C20H14ClN5/c1-12-6-14-7-18(26-20(14)24-10-12)16-8-15(3-4-17(16)21)25-19-5-2-13(9-22)11-23-19/h2-6,8,10-11H,7H2,1H3,(H,23,25). The third-order valence-electron chi connectivity index (χ3n) is 4.12. The van der Waals surface area contributed by atoms with Crippen LogP contribution in [0.3, 0.4) is 0 Å². The quantitative estimate of drug-likeness (QED) is 0.733. The fourth-order valence-electron chi connectivity index (χ4n) is 2.86. The highest BCUT2D eigenvalue weighted by atomic mass is 35.5. The highest BCUT2D eigenvalue weighted by Crippen LogP contribution is 2.31. The molecule has 1 N–H and O–H groups in total. The maximum atomic E-state index is 8.85. The van der Waals surface area contributed by atoms with Crippen molar-refractivity contribution in [2.75, 3.05) is 5.32 Å². The third kappa shape index (κ3) is 3.15. The van der Waals surface area contributed by atoms with E-state index in [4.69, 9.17) is 16.9 Å². The fraction of sp³-hybridized carbons (Fsp3) is 0.100. The van der Waals surface area contributed by atoms with Gasteiger partial charge in [-0.3, -0.25) is 0 Å². The molecule has 0 spiro atoms. The highest BCUT2D eigenvalue weighted by Gasteiger charge is 2.19. The van der Waals surface area contributed by atoms with Crippen LogP contribution < -0.4 is 5.32 Å². The Kier molecular flexibility index (Phi) is 4.11. The molecule has 0 atom stereocenters. The van der Waals surface area contributed by atoms with E-state index in [1.165, 1.54) is 6.20 Å². The molecule has 26 heavy (non-hydrogen) atoms. The van der Waals surface area contributed by atoms with Crippen molar-refractivity contribution in [3.8, 4) is 6.07 Å². The predicted octanol–water partition coefficient (Wildman–Crippen LogP) is 4.73. The molecule has 5 nitrogen and oxygen atoms in total. The fourth-order valence-corrected chi connectivity index (χ4v) is 3.09. The Morgan fingerprint density at radius 2 is 2.00 bits per heavy atom. The number of hydrogen-bond donors (Lipinski definition) is 1. The molecule has 0 amide bonds. The molecular formula is C20H14ClN5. The van der Waals surface area contributed by atoms with Crippen LogP contribution in [0.5, 0.6) is 0 Å². The average Bonchev–Trinajstić information content (AvgIpc) is 3.07. The first-order valence-electron chi connectivity index (χ1n) is 8.08. The first-order chi connectivity index (χ1) is 12.6. The first-order valence-corrected chi connectivity index (χ1v) is 8.46. The van der Waals surface area contributed by atoms with Crippen molar-refractivity contribution in [3.05, 3.63) is 76.1 Å². The molecule has 3 aromatic rings. The van der Waals surface area contributed by atoms with Gasteiger partial charge >= 0.3 is 0 Å². The summed E-state index contributed by atoms with van der Waals surface area (Å²) in [5.74, 6) is 1.42. The van der Waals surface area contributed by atoms with Crippen molar-refractivity contribution in [2.45, 2.75) is 13.3 Å². The summed E-state index contributed by atoms with van der Waals surface area (Å²) in [7, 11) is 0. The SMILES string of the molecule is Cc1cnc2c(c1)CC(c1cc(Nc3ccc(C#N)cn3)ccc1Cl)=N2. The van der Waals surface area contributed by atoms with Crippen LogP contribution in [-0.4, -0.2) is 15.7 Å². The summed E-state index contributed by atoms with van der Waals surface area (Å²) in [4.78, 5) is 13.3. The van der Waals surface area contributed by atoms with Gasteiger partial charge in [-0.05, 0) is 42.8 Å². The van der Waals surface area contributed by atoms with Gasteiger partial charge in [-0.15, -0.1) is 0 Å². The molecule has 126 valence electrons. The van der Waals surface area contributed by atoms with E-state index in [1.54, 1.807) is 12.1 Å². The average molecular weight is 360 g/mol. The van der Waals surface area contributed by atoms with E-state index < -0.39 is 0 Å². The molecule has 0 saturated carbocycles. The number of aliphatic imine (C=N–C) groups is 1. The smallest absolute Gasteiger partial charge is 0.155 e. The summed E-state index contributed by atoms with van der Waals surface area (Å²) >= 11 is 6.41. The third-order valence-corrected chi connectivity index (χ3v) is 4.45. The van der Waals surface area contributed by atoms with Crippen LogP contribution in [0.2, 0.25) is 5.02 Å². The number of pyridine rings is 2. The van der Waals surface area contributed by atoms with Crippen LogP contribution in [0.1, 0.15) is 22.3 Å². The van der Waals surface area contributed by atoms with Crippen LogP contribution in [-0.2, 0) is 6.42 Å². The minimum Gasteiger partial charge on any atom is -0.340 e. The van der Waals surface area contributed by atoms with E-state index in [0.29, 0.717) is 22.8 Å². The zero-order valence-corrected chi connectivity index (χ0v) is 14.7. The molecule has 0 radical (unpaired) electrons. The molecule has 1 aliphatic heterocycles. The normalized spacial score (nSPS) is 12.3. The molecule has 1 aliphatic rings.